The molecule has 2 aromatic carbocycles. The Balaban J connectivity index is 1.39. The zero-order valence-corrected chi connectivity index (χ0v) is 26.9. The van der Waals surface area contributed by atoms with Gasteiger partial charge in [-0.15, -0.1) is 0 Å². The van der Waals surface area contributed by atoms with Gasteiger partial charge in [0.05, 0.1) is 33.5 Å². The zero-order chi connectivity index (χ0) is 35.5. The second kappa shape index (κ2) is 12.3. The molecule has 4 amide bonds. The topological polar surface area (TPSA) is 169 Å². The lowest BCUT2D eigenvalue weighted by Gasteiger charge is -2.31. The van der Waals surface area contributed by atoms with Crippen LogP contribution in [0.5, 0.6) is 5.75 Å². The number of hydrogen-bond acceptors (Lipinski definition) is 7. The number of fused-ring (bicyclic) bond motifs is 2. The minimum absolute atomic E-state index is 0.000910. The molecule has 17 heteroatoms. The maximum atomic E-state index is 14.9. The number of aliphatic hydroxyl groups is 1. The van der Waals surface area contributed by atoms with Gasteiger partial charge in [-0.05, 0) is 62.2 Å². The van der Waals surface area contributed by atoms with Crippen molar-refractivity contribution in [1.29, 1.82) is 0 Å². The molecule has 2 aliphatic rings. The number of nitrogens with zero attached hydrogens (tertiary/aromatic N) is 2. The Morgan fingerprint density at radius 2 is 1.86 bits per heavy atom. The molecule has 3 heterocycles. The largest absolute Gasteiger partial charge is 0.489 e. The van der Waals surface area contributed by atoms with Crippen molar-refractivity contribution in [2.45, 2.75) is 43.0 Å². The Morgan fingerprint density at radius 1 is 1.12 bits per heavy atom. The molecular weight excluding hydrogens is 695 g/mol. The number of urea groups is 1. The van der Waals surface area contributed by atoms with E-state index in [0.29, 0.717) is 5.39 Å². The van der Waals surface area contributed by atoms with Crippen molar-refractivity contribution in [1.82, 2.24) is 20.6 Å². The van der Waals surface area contributed by atoms with Gasteiger partial charge in [-0.1, -0.05) is 23.2 Å². The van der Waals surface area contributed by atoms with Crippen LogP contribution in [0.15, 0.2) is 48.7 Å². The van der Waals surface area contributed by atoms with Gasteiger partial charge in [0.25, 0.3) is 5.91 Å². The number of carbonyl (C=O) groups excluding carboxylic acids is 3. The number of halogens is 6. The molecule has 256 valence electrons. The average Bonchev–Trinajstić information content (AvgIpc) is 3.78. The maximum absolute atomic E-state index is 14.9. The quantitative estimate of drug-likeness (QED) is 0.153. The Kier molecular flexibility index (Phi) is 8.57. The molecule has 1 aliphatic carbocycles. The average molecular weight is 721 g/mol. The molecule has 0 radical (unpaired) electrons. The summed E-state index contributed by atoms with van der Waals surface area (Å²) in [5, 5.41) is 18.9. The van der Waals surface area contributed by atoms with E-state index in [1.54, 1.807) is 0 Å². The van der Waals surface area contributed by atoms with Gasteiger partial charge in [-0.3, -0.25) is 14.6 Å². The first-order valence-electron chi connectivity index (χ1n) is 14.7. The summed E-state index contributed by atoms with van der Waals surface area (Å²) >= 11 is 12.0. The van der Waals surface area contributed by atoms with E-state index < -0.39 is 53.1 Å². The van der Waals surface area contributed by atoms with E-state index in [0.717, 1.165) is 31.0 Å². The fourth-order valence-electron chi connectivity index (χ4n) is 5.31. The van der Waals surface area contributed by atoms with Gasteiger partial charge in [0.2, 0.25) is 11.5 Å². The highest BCUT2D eigenvalue weighted by atomic mass is 35.5. The van der Waals surface area contributed by atoms with Crippen LogP contribution >= 0.6 is 23.2 Å². The molecule has 1 fully saturated rings. The van der Waals surface area contributed by atoms with E-state index in [1.165, 1.54) is 37.4 Å². The van der Waals surface area contributed by atoms with E-state index in [1.807, 2.05) is 0 Å². The van der Waals surface area contributed by atoms with Crippen LogP contribution in [-0.2, 0) is 15.8 Å². The minimum atomic E-state index is -5.45. The molecule has 2 atom stereocenters. The predicted octanol–water partition coefficient (Wildman–Crippen LogP) is 5.34. The summed E-state index contributed by atoms with van der Waals surface area (Å²) in [7, 11) is 0. The number of amides is 4. The lowest BCUT2D eigenvalue weighted by atomic mass is 9.81. The fraction of sp³-hybridized carbons (Fsp3) is 0.281. The molecule has 2 aromatic heterocycles. The SMILES string of the molecule is C[C@]1(C(N)=O)COc2c1cc([C@@](O)(CNC(=O)c1cc(NC(=O)NC3CC3)c3ncc(Cl)cc3c1)C(F)(F)F)nc2-c1ccc(F)c(Cl)c1. The van der Waals surface area contributed by atoms with Crippen LogP contribution in [0.3, 0.4) is 0 Å². The highest BCUT2D eigenvalue weighted by molar-refractivity contribution is 6.31. The predicted molar refractivity (Wildman–Crippen MR) is 171 cm³/mol. The fourth-order valence-corrected chi connectivity index (χ4v) is 5.65. The number of primary amides is 1. The summed E-state index contributed by atoms with van der Waals surface area (Å²) in [5.74, 6) is -2.93. The van der Waals surface area contributed by atoms with Crippen molar-refractivity contribution < 1.29 is 41.8 Å². The normalized spacial score (nSPS) is 18.3. The Hall–Kier alpha value is -4.73. The third-order valence-corrected chi connectivity index (χ3v) is 8.88. The molecule has 1 aliphatic heterocycles. The highest BCUT2D eigenvalue weighted by Crippen LogP contribution is 2.48. The van der Waals surface area contributed by atoms with Crippen LogP contribution in [0.1, 0.15) is 41.4 Å². The van der Waals surface area contributed by atoms with Gasteiger partial charge in [0.1, 0.15) is 29.3 Å². The van der Waals surface area contributed by atoms with Gasteiger partial charge in [-0.2, -0.15) is 13.2 Å². The molecule has 0 spiro atoms. The van der Waals surface area contributed by atoms with Crippen molar-refractivity contribution in [2.75, 3.05) is 18.5 Å². The first kappa shape index (κ1) is 34.1. The number of pyridine rings is 2. The first-order valence-corrected chi connectivity index (χ1v) is 15.4. The summed E-state index contributed by atoms with van der Waals surface area (Å²) in [6.45, 7) is -0.463. The number of rotatable bonds is 8. The van der Waals surface area contributed by atoms with Crippen molar-refractivity contribution in [2.24, 2.45) is 5.73 Å². The Morgan fingerprint density at radius 3 is 2.51 bits per heavy atom. The molecule has 11 nitrogen and oxygen atoms in total. The monoisotopic (exact) mass is 720 g/mol. The summed E-state index contributed by atoms with van der Waals surface area (Å²) in [5.41, 5.74) is -1.13. The molecule has 4 aromatic rings. The number of carbonyl (C=O) groups is 3. The third kappa shape index (κ3) is 6.40. The van der Waals surface area contributed by atoms with Crippen molar-refractivity contribution >= 4 is 57.6 Å². The molecule has 1 saturated carbocycles. The summed E-state index contributed by atoms with van der Waals surface area (Å²) in [6, 6.07) is 7.48. The van der Waals surface area contributed by atoms with Crippen LogP contribution in [0.4, 0.5) is 28.0 Å². The number of benzene rings is 2. The first-order chi connectivity index (χ1) is 23.0. The maximum Gasteiger partial charge on any atom is 0.424 e. The number of alkyl halides is 3. The minimum Gasteiger partial charge on any atom is -0.489 e. The Labute approximate surface area is 285 Å². The van der Waals surface area contributed by atoms with E-state index in [2.05, 4.69) is 25.9 Å². The summed E-state index contributed by atoms with van der Waals surface area (Å²) in [6.07, 6.45) is -2.52. The zero-order valence-electron chi connectivity index (χ0n) is 25.3. The van der Waals surface area contributed by atoms with E-state index in [4.69, 9.17) is 33.7 Å². The van der Waals surface area contributed by atoms with E-state index in [9.17, 15) is 37.1 Å². The van der Waals surface area contributed by atoms with E-state index in [-0.39, 0.29) is 62.0 Å². The molecule has 0 bridgehead atoms. The lowest BCUT2D eigenvalue weighted by Crippen LogP contribution is -2.51. The van der Waals surface area contributed by atoms with Crippen molar-refractivity contribution in [3.05, 3.63) is 81.3 Å². The van der Waals surface area contributed by atoms with Gasteiger partial charge in [0, 0.05) is 34.3 Å². The van der Waals surface area contributed by atoms with E-state index >= 15 is 0 Å². The summed E-state index contributed by atoms with van der Waals surface area (Å²) in [4.78, 5) is 46.7. The smallest absolute Gasteiger partial charge is 0.424 e. The van der Waals surface area contributed by atoms with Crippen LogP contribution in [-0.4, -0.2) is 58.3 Å². The second-order valence-electron chi connectivity index (χ2n) is 12.0. The standard InChI is InChI=1S/C32H26Cl2F4N6O5/c1-30(28(39)46)13-49-26-19(30)10-23(44-25(26)14-2-5-21(35)20(34)8-14)31(48,32(36,37)38)12-41-27(45)16-6-15-7-17(33)11-40-24(15)22(9-16)43-29(47)42-18-3-4-18/h2,5-11,18,48H,3-4,12-13H2,1H3,(H2,39,46)(H,41,45)(H2,42,43,47)/t30-,31-/m0/s1. The molecule has 0 unspecified atom stereocenters. The number of anilines is 1. The number of nitrogens with two attached hydrogens (primary N) is 1. The van der Waals surface area contributed by atoms with Crippen LogP contribution in [0.25, 0.3) is 22.2 Å². The Bertz CT molecular complexity index is 2050. The van der Waals surface area contributed by atoms with Crippen LogP contribution in [0.2, 0.25) is 10.0 Å². The van der Waals surface area contributed by atoms with Gasteiger partial charge >= 0.3 is 12.2 Å². The second-order valence-corrected chi connectivity index (χ2v) is 12.9. The molecule has 49 heavy (non-hydrogen) atoms. The van der Waals surface area contributed by atoms with Gasteiger partial charge in [-0.25, -0.2) is 14.2 Å². The van der Waals surface area contributed by atoms with Gasteiger partial charge < -0.3 is 31.5 Å². The highest BCUT2D eigenvalue weighted by Gasteiger charge is 2.57. The van der Waals surface area contributed by atoms with Crippen molar-refractivity contribution in [3.63, 3.8) is 0 Å². The number of hydrogen-bond donors (Lipinski definition) is 5. The number of ether oxygens (including phenoxy) is 1. The lowest BCUT2D eigenvalue weighted by molar-refractivity contribution is -0.265. The molecule has 6 rings (SSSR count). The van der Waals surface area contributed by atoms with Crippen LogP contribution in [0, 0.1) is 5.82 Å². The van der Waals surface area contributed by atoms with Gasteiger partial charge in [0.15, 0.2) is 0 Å². The molecular formula is C32H26Cl2F4N6O5. The number of aromatic nitrogens is 2. The van der Waals surface area contributed by atoms with Crippen molar-refractivity contribution in [3.8, 4) is 17.0 Å². The summed E-state index contributed by atoms with van der Waals surface area (Å²) < 4.78 is 64.2. The molecule has 6 N–H and O–H groups in total. The third-order valence-electron chi connectivity index (χ3n) is 8.38. The number of nitrogens with one attached hydrogen (secondary N) is 3. The van der Waals surface area contributed by atoms with Crippen LogP contribution < -0.4 is 26.4 Å². The molecule has 0 saturated heterocycles.